The standard InChI is InChI=1S/C18H23N9O3/c1-20-17(30)10-8-5-9(8)12(14(29)13(10)28)27-6-21-11-15(22-7-3-2-4-7)23-18(25-26-19)24-16(11)27/h6-10,12-14,28-29H,2-5H2,1H3,(H,20,30)(H,22,23,24)/t8-,9?,10+,12-,13-,14+/m1/s1. The van der Waals surface area contributed by atoms with Crippen molar-refractivity contribution in [1.82, 2.24) is 24.8 Å². The predicted octanol–water partition coefficient (Wildman–Crippen LogP) is 1.01. The van der Waals surface area contributed by atoms with Crippen LogP contribution in [0.2, 0.25) is 0 Å². The zero-order valence-electron chi connectivity index (χ0n) is 16.4. The van der Waals surface area contributed by atoms with Gasteiger partial charge in [-0.25, -0.2) is 15.0 Å². The first-order valence-electron chi connectivity index (χ1n) is 10.2. The number of aliphatic hydroxyl groups is 2. The Bertz CT molecular complexity index is 1040. The van der Waals surface area contributed by atoms with E-state index >= 15 is 0 Å². The fourth-order valence-electron chi connectivity index (χ4n) is 4.90. The van der Waals surface area contributed by atoms with Gasteiger partial charge in [0, 0.05) is 18.0 Å². The number of carbonyl (C=O) groups is 1. The SMILES string of the molecule is CNC(=O)[C@@H]1[C@@H](O)[C@@H](O)[C@H](n2cnc3c(NC4CCC4)nc(N=[N+]=[N-])nc32)C2C[C@H]21. The molecule has 2 heterocycles. The number of nitrogens with one attached hydrogen (secondary N) is 2. The second kappa shape index (κ2) is 7.08. The smallest absolute Gasteiger partial charge is 0.225 e. The number of hydrogen-bond donors (Lipinski definition) is 4. The van der Waals surface area contributed by atoms with Gasteiger partial charge in [0.05, 0.1) is 24.4 Å². The van der Waals surface area contributed by atoms with Gasteiger partial charge >= 0.3 is 0 Å². The van der Waals surface area contributed by atoms with E-state index in [1.54, 1.807) is 10.9 Å². The van der Waals surface area contributed by atoms with Gasteiger partial charge in [0.1, 0.15) is 11.6 Å². The van der Waals surface area contributed by atoms with E-state index in [1.165, 1.54) is 7.05 Å². The molecule has 3 saturated carbocycles. The van der Waals surface area contributed by atoms with Crippen LogP contribution in [-0.2, 0) is 4.79 Å². The molecular formula is C18H23N9O3. The van der Waals surface area contributed by atoms with E-state index in [-0.39, 0.29) is 29.7 Å². The minimum atomic E-state index is -1.19. The number of aliphatic hydroxyl groups excluding tert-OH is 2. The van der Waals surface area contributed by atoms with Crippen LogP contribution in [0.25, 0.3) is 21.6 Å². The van der Waals surface area contributed by atoms with Crippen LogP contribution < -0.4 is 10.6 Å². The lowest BCUT2D eigenvalue weighted by Gasteiger charge is -2.36. The number of rotatable bonds is 5. The van der Waals surface area contributed by atoms with Crippen LogP contribution in [0.4, 0.5) is 11.8 Å². The molecule has 0 bridgehead atoms. The summed E-state index contributed by atoms with van der Waals surface area (Å²) in [6.45, 7) is 0. The number of amides is 1. The molecule has 4 N–H and O–H groups in total. The summed E-state index contributed by atoms with van der Waals surface area (Å²) in [4.78, 5) is 28.1. The number of azide groups is 1. The highest BCUT2D eigenvalue weighted by atomic mass is 16.3. The van der Waals surface area contributed by atoms with Crippen molar-refractivity contribution in [2.45, 2.75) is 50.0 Å². The maximum Gasteiger partial charge on any atom is 0.225 e. The van der Waals surface area contributed by atoms with E-state index in [1.807, 2.05) is 0 Å². The van der Waals surface area contributed by atoms with Gasteiger partial charge in [-0.05, 0) is 48.2 Å². The normalized spacial score (nSPS) is 32.6. The first kappa shape index (κ1) is 19.0. The topological polar surface area (TPSA) is 174 Å². The van der Waals surface area contributed by atoms with Crippen LogP contribution in [0.15, 0.2) is 11.4 Å². The monoisotopic (exact) mass is 413 g/mol. The predicted molar refractivity (Wildman–Crippen MR) is 106 cm³/mol. The summed E-state index contributed by atoms with van der Waals surface area (Å²) in [5, 5.41) is 31.0. The Morgan fingerprint density at radius 2 is 2.10 bits per heavy atom. The largest absolute Gasteiger partial charge is 0.390 e. The number of fused-ring (bicyclic) bond motifs is 2. The summed E-state index contributed by atoms with van der Waals surface area (Å²) in [5.74, 6) is -0.434. The molecule has 3 fully saturated rings. The Morgan fingerprint density at radius 3 is 2.77 bits per heavy atom. The molecule has 2 aromatic rings. The van der Waals surface area contributed by atoms with Gasteiger partial charge in [-0.2, -0.15) is 0 Å². The highest BCUT2D eigenvalue weighted by molar-refractivity contribution is 5.84. The summed E-state index contributed by atoms with van der Waals surface area (Å²) in [7, 11) is 1.53. The van der Waals surface area contributed by atoms with Crippen molar-refractivity contribution in [2.75, 3.05) is 12.4 Å². The molecule has 0 saturated heterocycles. The zero-order valence-corrected chi connectivity index (χ0v) is 16.4. The minimum absolute atomic E-state index is 0.0168. The molecule has 30 heavy (non-hydrogen) atoms. The van der Waals surface area contributed by atoms with Crippen molar-refractivity contribution in [3.05, 3.63) is 16.8 Å². The van der Waals surface area contributed by atoms with Gasteiger partial charge < -0.3 is 25.4 Å². The fraction of sp³-hybridized carbons (Fsp3) is 0.667. The Hall–Kier alpha value is -2.95. The molecule has 0 aromatic carbocycles. The maximum atomic E-state index is 12.2. The van der Waals surface area contributed by atoms with Gasteiger partial charge in [0.15, 0.2) is 11.5 Å². The van der Waals surface area contributed by atoms with E-state index in [0.29, 0.717) is 17.0 Å². The first-order valence-corrected chi connectivity index (χ1v) is 10.2. The Labute approximate surface area is 171 Å². The van der Waals surface area contributed by atoms with Crippen LogP contribution in [0.3, 0.4) is 0 Å². The number of imidazole rings is 1. The number of aromatic nitrogens is 4. The molecule has 1 unspecified atom stereocenters. The molecule has 0 spiro atoms. The summed E-state index contributed by atoms with van der Waals surface area (Å²) in [6.07, 6.45) is 3.14. The first-order chi connectivity index (χ1) is 14.5. The van der Waals surface area contributed by atoms with Crippen LogP contribution in [0.1, 0.15) is 31.7 Å². The molecule has 12 heteroatoms. The van der Waals surface area contributed by atoms with E-state index < -0.39 is 24.2 Å². The van der Waals surface area contributed by atoms with Crippen LogP contribution in [0.5, 0.6) is 0 Å². The van der Waals surface area contributed by atoms with Crippen molar-refractivity contribution in [3.63, 3.8) is 0 Å². The zero-order chi connectivity index (χ0) is 21.0. The molecule has 0 aliphatic heterocycles. The molecule has 3 aliphatic carbocycles. The number of carbonyl (C=O) groups excluding carboxylic acids is 1. The van der Waals surface area contributed by atoms with E-state index in [0.717, 1.165) is 25.7 Å². The number of nitrogens with zero attached hydrogens (tertiary/aromatic N) is 7. The fourth-order valence-corrected chi connectivity index (χ4v) is 4.90. The second-order valence-corrected chi connectivity index (χ2v) is 8.33. The van der Waals surface area contributed by atoms with Gasteiger partial charge in [-0.1, -0.05) is 0 Å². The van der Waals surface area contributed by atoms with Crippen molar-refractivity contribution in [3.8, 4) is 0 Å². The van der Waals surface area contributed by atoms with Crippen molar-refractivity contribution in [1.29, 1.82) is 0 Å². The lowest BCUT2D eigenvalue weighted by atomic mass is 9.80. The Kier molecular flexibility index (Phi) is 4.49. The number of hydrogen-bond acceptors (Lipinski definition) is 8. The maximum absolute atomic E-state index is 12.2. The van der Waals surface area contributed by atoms with Gasteiger partial charge in [0.25, 0.3) is 0 Å². The average molecular weight is 413 g/mol. The minimum Gasteiger partial charge on any atom is -0.390 e. The van der Waals surface area contributed by atoms with E-state index in [2.05, 4.69) is 35.6 Å². The van der Waals surface area contributed by atoms with E-state index in [9.17, 15) is 15.0 Å². The molecule has 1 amide bonds. The number of anilines is 1. The molecule has 0 radical (unpaired) electrons. The highest BCUT2D eigenvalue weighted by Gasteiger charge is 2.61. The second-order valence-electron chi connectivity index (χ2n) is 8.33. The quantitative estimate of drug-likeness (QED) is 0.321. The van der Waals surface area contributed by atoms with Crippen molar-refractivity contribution in [2.24, 2.45) is 22.9 Å². The molecule has 12 nitrogen and oxygen atoms in total. The van der Waals surface area contributed by atoms with Gasteiger partial charge in [-0.15, -0.1) is 0 Å². The summed E-state index contributed by atoms with van der Waals surface area (Å²) in [5.41, 5.74) is 9.79. The molecular weight excluding hydrogens is 390 g/mol. The van der Waals surface area contributed by atoms with Crippen LogP contribution in [0, 0.1) is 17.8 Å². The van der Waals surface area contributed by atoms with Crippen LogP contribution >= 0.6 is 0 Å². The summed E-state index contributed by atoms with van der Waals surface area (Å²) < 4.78 is 1.72. The van der Waals surface area contributed by atoms with Crippen molar-refractivity contribution >= 4 is 28.8 Å². The Balaban J connectivity index is 1.55. The van der Waals surface area contributed by atoms with Gasteiger partial charge in [-0.3, -0.25) is 4.79 Å². The highest BCUT2D eigenvalue weighted by Crippen LogP contribution is 2.58. The lowest BCUT2D eigenvalue weighted by Crippen LogP contribution is -2.50. The lowest BCUT2D eigenvalue weighted by molar-refractivity contribution is -0.139. The summed E-state index contributed by atoms with van der Waals surface area (Å²) >= 11 is 0. The molecule has 6 atom stereocenters. The third-order valence-electron chi connectivity index (χ3n) is 6.72. The van der Waals surface area contributed by atoms with Crippen LogP contribution in [-0.4, -0.2) is 60.9 Å². The molecule has 5 rings (SSSR count). The Morgan fingerprint density at radius 1 is 1.30 bits per heavy atom. The average Bonchev–Trinajstić information content (AvgIpc) is 3.36. The van der Waals surface area contributed by atoms with E-state index in [4.69, 9.17) is 5.53 Å². The van der Waals surface area contributed by atoms with Gasteiger partial charge in [0.2, 0.25) is 11.9 Å². The summed E-state index contributed by atoms with van der Waals surface area (Å²) in [6, 6.07) is -0.198. The third-order valence-corrected chi connectivity index (χ3v) is 6.72. The molecule has 3 aliphatic rings. The molecule has 2 aromatic heterocycles. The molecule has 158 valence electrons. The third kappa shape index (κ3) is 2.87. The van der Waals surface area contributed by atoms with Crippen molar-refractivity contribution < 1.29 is 15.0 Å².